The van der Waals surface area contributed by atoms with Gasteiger partial charge < -0.3 is 9.73 Å². The van der Waals surface area contributed by atoms with E-state index in [9.17, 15) is 14.9 Å². The number of hydrogen-bond acceptors (Lipinski definition) is 4. The Kier molecular flexibility index (Phi) is 4.61. The fourth-order valence-corrected chi connectivity index (χ4v) is 2.60. The maximum absolute atomic E-state index is 12.7. The molecular weight excluding hydrogens is 320 g/mol. The summed E-state index contributed by atoms with van der Waals surface area (Å²) in [6.07, 6.45) is 1.54. The van der Waals surface area contributed by atoms with Crippen LogP contribution in [0.5, 0.6) is 0 Å². The van der Waals surface area contributed by atoms with E-state index in [2.05, 4.69) is 5.32 Å². The van der Waals surface area contributed by atoms with Crippen molar-refractivity contribution in [3.63, 3.8) is 0 Å². The van der Waals surface area contributed by atoms with Crippen molar-refractivity contribution in [2.75, 3.05) is 0 Å². The molecule has 1 aromatic heterocycles. The molecule has 1 amide bonds. The molecule has 0 spiro atoms. The number of benzene rings is 2. The molecule has 1 heterocycles. The highest BCUT2D eigenvalue weighted by Crippen LogP contribution is 2.24. The predicted molar refractivity (Wildman–Crippen MR) is 92.3 cm³/mol. The molecular formula is C19H16N2O4. The summed E-state index contributed by atoms with van der Waals surface area (Å²) in [5.74, 6) is 0.189. The van der Waals surface area contributed by atoms with Gasteiger partial charge in [-0.2, -0.15) is 0 Å². The van der Waals surface area contributed by atoms with Crippen LogP contribution in [0.4, 0.5) is 5.69 Å². The van der Waals surface area contributed by atoms with Crippen LogP contribution in [0.3, 0.4) is 0 Å². The Morgan fingerprint density at radius 1 is 1.12 bits per heavy atom. The summed E-state index contributed by atoms with van der Waals surface area (Å²) in [7, 11) is 0. The molecule has 0 saturated carbocycles. The standard InChI is InChI=1S/C19H16N2O4/c1-13-9-10-15(21(23)24)12-16(13)19(22)20-18(17-8-5-11-25-17)14-6-3-2-4-7-14/h2-12,18H,1H3,(H,20,22)/t18-/m1/s1. The first kappa shape index (κ1) is 16.4. The maximum atomic E-state index is 12.7. The molecule has 6 heteroatoms. The molecule has 2 aromatic carbocycles. The van der Waals surface area contributed by atoms with Crippen LogP contribution in [-0.4, -0.2) is 10.8 Å². The summed E-state index contributed by atoms with van der Waals surface area (Å²) in [6, 6.07) is 16.7. The van der Waals surface area contributed by atoms with Gasteiger partial charge in [-0.05, 0) is 30.2 Å². The number of non-ortho nitro benzene ring substituents is 1. The zero-order chi connectivity index (χ0) is 17.8. The second-order valence-corrected chi connectivity index (χ2v) is 5.59. The molecule has 0 fully saturated rings. The Balaban J connectivity index is 1.94. The number of aryl methyl sites for hydroxylation is 1. The number of carbonyl (C=O) groups excluding carboxylic acids is 1. The third-order valence-corrected chi connectivity index (χ3v) is 3.91. The second kappa shape index (κ2) is 7.00. The number of rotatable bonds is 5. The van der Waals surface area contributed by atoms with E-state index in [1.54, 1.807) is 25.1 Å². The van der Waals surface area contributed by atoms with Crippen LogP contribution >= 0.6 is 0 Å². The van der Waals surface area contributed by atoms with Crippen LogP contribution in [-0.2, 0) is 0 Å². The lowest BCUT2D eigenvalue weighted by molar-refractivity contribution is -0.384. The molecule has 126 valence electrons. The predicted octanol–water partition coefficient (Wildman–Crippen LogP) is 4.02. The van der Waals surface area contributed by atoms with Gasteiger partial charge in [-0.1, -0.05) is 36.4 Å². The van der Waals surface area contributed by atoms with Gasteiger partial charge >= 0.3 is 0 Å². The summed E-state index contributed by atoms with van der Waals surface area (Å²) in [5.41, 5.74) is 1.66. The lowest BCUT2D eigenvalue weighted by atomic mass is 10.0. The molecule has 0 saturated heterocycles. The van der Waals surface area contributed by atoms with Crippen molar-refractivity contribution in [1.82, 2.24) is 5.32 Å². The summed E-state index contributed by atoms with van der Waals surface area (Å²) in [5, 5.41) is 13.9. The Morgan fingerprint density at radius 3 is 2.52 bits per heavy atom. The lowest BCUT2D eigenvalue weighted by Gasteiger charge is -2.18. The third-order valence-electron chi connectivity index (χ3n) is 3.91. The van der Waals surface area contributed by atoms with Crippen molar-refractivity contribution in [3.05, 3.63) is 99.5 Å². The highest BCUT2D eigenvalue weighted by atomic mass is 16.6. The summed E-state index contributed by atoms with van der Waals surface area (Å²) >= 11 is 0. The molecule has 6 nitrogen and oxygen atoms in total. The fourth-order valence-electron chi connectivity index (χ4n) is 2.60. The van der Waals surface area contributed by atoms with Crippen LogP contribution in [0.1, 0.15) is 33.3 Å². The minimum absolute atomic E-state index is 0.120. The number of hydrogen-bond donors (Lipinski definition) is 1. The number of carbonyl (C=O) groups is 1. The zero-order valence-electron chi connectivity index (χ0n) is 13.5. The SMILES string of the molecule is Cc1ccc([N+](=O)[O-])cc1C(=O)N[C@H](c1ccccc1)c1ccco1. The van der Waals surface area contributed by atoms with Crippen LogP contribution in [0, 0.1) is 17.0 Å². The van der Waals surface area contributed by atoms with Gasteiger partial charge in [0.25, 0.3) is 11.6 Å². The number of nitrogens with zero attached hydrogens (tertiary/aromatic N) is 1. The molecule has 0 radical (unpaired) electrons. The largest absolute Gasteiger partial charge is 0.467 e. The number of amides is 1. The maximum Gasteiger partial charge on any atom is 0.270 e. The van der Waals surface area contributed by atoms with Crippen molar-refractivity contribution in [3.8, 4) is 0 Å². The average Bonchev–Trinajstić information content (AvgIpc) is 3.14. The summed E-state index contributed by atoms with van der Waals surface area (Å²) < 4.78 is 5.46. The first-order chi connectivity index (χ1) is 12.1. The second-order valence-electron chi connectivity index (χ2n) is 5.59. The van der Waals surface area contributed by atoms with Gasteiger partial charge in [0.2, 0.25) is 0 Å². The molecule has 0 bridgehead atoms. The van der Waals surface area contributed by atoms with E-state index in [4.69, 9.17) is 4.42 Å². The van der Waals surface area contributed by atoms with Gasteiger partial charge in [0.15, 0.2) is 0 Å². The molecule has 0 aliphatic heterocycles. The monoisotopic (exact) mass is 336 g/mol. The first-order valence-corrected chi connectivity index (χ1v) is 7.70. The minimum Gasteiger partial charge on any atom is -0.467 e. The van der Waals surface area contributed by atoms with E-state index in [0.717, 1.165) is 5.56 Å². The van der Waals surface area contributed by atoms with Gasteiger partial charge in [-0.3, -0.25) is 14.9 Å². The lowest BCUT2D eigenvalue weighted by Crippen LogP contribution is -2.29. The van der Waals surface area contributed by atoms with Gasteiger partial charge in [-0.15, -0.1) is 0 Å². The van der Waals surface area contributed by atoms with Crippen molar-refractivity contribution in [1.29, 1.82) is 0 Å². The Hall–Kier alpha value is -3.41. The molecule has 25 heavy (non-hydrogen) atoms. The van der Waals surface area contributed by atoms with Gasteiger partial charge in [0, 0.05) is 17.7 Å². The smallest absolute Gasteiger partial charge is 0.270 e. The summed E-state index contributed by atoms with van der Waals surface area (Å²) in [4.78, 5) is 23.2. The first-order valence-electron chi connectivity index (χ1n) is 7.70. The minimum atomic E-state index is -0.516. The molecule has 0 aliphatic rings. The fraction of sp³-hybridized carbons (Fsp3) is 0.105. The van der Waals surface area contributed by atoms with E-state index in [0.29, 0.717) is 11.3 Å². The van der Waals surface area contributed by atoms with Crippen LogP contribution < -0.4 is 5.32 Å². The number of nitrogens with one attached hydrogen (secondary N) is 1. The Morgan fingerprint density at radius 2 is 1.88 bits per heavy atom. The topological polar surface area (TPSA) is 85.4 Å². The van der Waals surface area contributed by atoms with Crippen LogP contribution in [0.15, 0.2) is 71.3 Å². The highest BCUT2D eigenvalue weighted by Gasteiger charge is 2.22. The van der Waals surface area contributed by atoms with E-state index in [1.807, 2.05) is 30.3 Å². The zero-order valence-corrected chi connectivity index (χ0v) is 13.5. The average molecular weight is 336 g/mol. The van der Waals surface area contributed by atoms with Crippen molar-refractivity contribution >= 4 is 11.6 Å². The van der Waals surface area contributed by atoms with Gasteiger partial charge in [0.1, 0.15) is 11.8 Å². The quantitative estimate of drug-likeness (QED) is 0.563. The Bertz CT molecular complexity index is 889. The van der Waals surface area contributed by atoms with E-state index < -0.39 is 16.9 Å². The van der Waals surface area contributed by atoms with Crippen LogP contribution in [0.2, 0.25) is 0 Å². The van der Waals surface area contributed by atoms with Crippen molar-refractivity contribution in [2.45, 2.75) is 13.0 Å². The van der Waals surface area contributed by atoms with E-state index >= 15 is 0 Å². The van der Waals surface area contributed by atoms with Crippen molar-refractivity contribution < 1.29 is 14.1 Å². The van der Waals surface area contributed by atoms with Gasteiger partial charge in [-0.25, -0.2) is 0 Å². The number of furan rings is 1. The third kappa shape index (κ3) is 3.58. The van der Waals surface area contributed by atoms with E-state index in [1.165, 1.54) is 18.4 Å². The molecule has 0 aliphatic carbocycles. The van der Waals surface area contributed by atoms with Crippen molar-refractivity contribution in [2.24, 2.45) is 0 Å². The van der Waals surface area contributed by atoms with Gasteiger partial charge in [0.05, 0.1) is 11.2 Å². The molecule has 3 aromatic rings. The highest BCUT2D eigenvalue weighted by molar-refractivity contribution is 5.96. The molecule has 0 unspecified atom stereocenters. The van der Waals surface area contributed by atoms with E-state index in [-0.39, 0.29) is 11.3 Å². The Labute approximate surface area is 144 Å². The summed E-state index contributed by atoms with van der Waals surface area (Å²) in [6.45, 7) is 1.74. The van der Waals surface area contributed by atoms with Crippen LogP contribution in [0.25, 0.3) is 0 Å². The molecule has 3 rings (SSSR count). The molecule has 1 atom stereocenters. The number of nitro benzene ring substituents is 1. The normalized spacial score (nSPS) is 11.7. The number of nitro groups is 1. The molecule has 1 N–H and O–H groups in total.